The molecule has 0 unspecified atom stereocenters. The normalized spacial score (nSPS) is 11.5. The first-order valence-corrected chi connectivity index (χ1v) is 8.64. The Hall–Kier alpha value is -0.580. The van der Waals surface area contributed by atoms with Gasteiger partial charge in [-0.3, -0.25) is 4.72 Å². The Morgan fingerprint density at radius 1 is 1.21 bits per heavy atom. The highest BCUT2D eigenvalue weighted by Crippen LogP contribution is 2.27. The van der Waals surface area contributed by atoms with Crippen molar-refractivity contribution >= 4 is 33.5 Å². The van der Waals surface area contributed by atoms with Crippen LogP contribution < -0.4 is 4.72 Å². The van der Waals surface area contributed by atoms with Gasteiger partial charge in [0.25, 0.3) is 0 Å². The van der Waals surface area contributed by atoms with Crippen LogP contribution in [0.3, 0.4) is 0 Å². The van der Waals surface area contributed by atoms with E-state index in [1.54, 1.807) is 23.3 Å². The van der Waals surface area contributed by atoms with E-state index < -0.39 is 0 Å². The Balaban J connectivity index is 1.63. The molecular weight excluding hydrogens is 272 g/mol. The van der Waals surface area contributed by atoms with Crippen LogP contribution in [0.4, 0.5) is 0 Å². The van der Waals surface area contributed by atoms with Gasteiger partial charge in [-0.05, 0) is 36.4 Å². The van der Waals surface area contributed by atoms with E-state index >= 15 is 0 Å². The lowest BCUT2D eigenvalue weighted by Crippen LogP contribution is -2.05. The van der Waals surface area contributed by atoms with E-state index in [9.17, 15) is 0 Å². The van der Waals surface area contributed by atoms with Gasteiger partial charge >= 0.3 is 0 Å². The van der Waals surface area contributed by atoms with Gasteiger partial charge in [0, 0.05) is 6.54 Å². The average Bonchev–Trinajstić information content (AvgIpc) is 2.79. The van der Waals surface area contributed by atoms with E-state index in [-0.39, 0.29) is 0 Å². The van der Waals surface area contributed by atoms with Crippen molar-refractivity contribution in [1.29, 1.82) is 0 Å². The second-order valence-corrected chi connectivity index (χ2v) is 7.36. The van der Waals surface area contributed by atoms with Crippen molar-refractivity contribution in [3.05, 3.63) is 24.3 Å². The predicted molar refractivity (Wildman–Crippen MR) is 86.8 cm³/mol. The van der Waals surface area contributed by atoms with E-state index in [1.165, 1.54) is 30.4 Å². The molecule has 1 aromatic heterocycles. The van der Waals surface area contributed by atoms with E-state index in [0.29, 0.717) is 0 Å². The first kappa shape index (κ1) is 14.8. The summed E-state index contributed by atoms with van der Waals surface area (Å²) in [5.74, 6) is 0.838. The molecule has 0 radical (unpaired) electrons. The Kier molecular flexibility index (Phi) is 6.14. The van der Waals surface area contributed by atoms with Gasteiger partial charge < -0.3 is 0 Å². The predicted octanol–water partition coefficient (Wildman–Crippen LogP) is 5.11. The molecule has 0 amide bonds. The topological polar surface area (TPSA) is 24.9 Å². The molecule has 0 bridgehead atoms. The number of para-hydroxylation sites is 1. The maximum Gasteiger partial charge on any atom is 0.166 e. The van der Waals surface area contributed by atoms with Gasteiger partial charge in [0.2, 0.25) is 0 Å². The van der Waals surface area contributed by atoms with Crippen molar-refractivity contribution in [2.24, 2.45) is 5.92 Å². The van der Waals surface area contributed by atoms with Gasteiger partial charge in [-0.1, -0.05) is 45.2 Å². The third-order valence-electron chi connectivity index (χ3n) is 2.99. The zero-order valence-electron chi connectivity index (χ0n) is 11.7. The number of fused-ring (bicyclic) bond motifs is 1. The molecular formula is C15H22N2S2. The molecule has 104 valence electrons. The molecule has 0 aliphatic heterocycles. The second-order valence-electron chi connectivity index (χ2n) is 5.19. The SMILES string of the molecule is CC(C)CCCCCNSc1nc2ccccc2s1. The number of hydrogen-bond acceptors (Lipinski definition) is 4. The molecule has 0 saturated heterocycles. The van der Waals surface area contributed by atoms with Gasteiger partial charge in [0.05, 0.1) is 10.2 Å². The minimum absolute atomic E-state index is 0.838. The number of unbranched alkanes of at least 4 members (excludes halogenated alkanes) is 2. The summed E-state index contributed by atoms with van der Waals surface area (Å²) in [4.78, 5) is 4.59. The van der Waals surface area contributed by atoms with Crippen LogP contribution >= 0.6 is 23.3 Å². The molecule has 0 fully saturated rings. The number of nitrogens with one attached hydrogen (secondary N) is 1. The van der Waals surface area contributed by atoms with Gasteiger partial charge in [0.1, 0.15) is 0 Å². The summed E-state index contributed by atoms with van der Waals surface area (Å²) >= 11 is 3.43. The molecule has 2 nitrogen and oxygen atoms in total. The molecule has 1 aromatic carbocycles. The van der Waals surface area contributed by atoms with Crippen LogP contribution in [0.2, 0.25) is 0 Å². The Bertz CT molecular complexity index is 461. The molecule has 1 heterocycles. The first-order chi connectivity index (χ1) is 9.25. The molecule has 0 spiro atoms. The van der Waals surface area contributed by atoms with Crippen LogP contribution in [-0.4, -0.2) is 11.5 Å². The van der Waals surface area contributed by atoms with Crippen molar-refractivity contribution < 1.29 is 0 Å². The third-order valence-corrected chi connectivity index (χ3v) is 4.94. The third kappa shape index (κ3) is 5.13. The fourth-order valence-electron chi connectivity index (χ4n) is 1.93. The van der Waals surface area contributed by atoms with Gasteiger partial charge in [-0.2, -0.15) is 0 Å². The van der Waals surface area contributed by atoms with Crippen LogP contribution in [0.1, 0.15) is 39.5 Å². The molecule has 0 saturated carbocycles. The van der Waals surface area contributed by atoms with Crippen LogP contribution in [0, 0.1) is 5.92 Å². The number of thiazole rings is 1. The summed E-state index contributed by atoms with van der Waals surface area (Å²) in [5, 5.41) is 0. The molecule has 0 atom stereocenters. The van der Waals surface area contributed by atoms with Crippen molar-refractivity contribution in [3.8, 4) is 0 Å². The maximum atomic E-state index is 4.59. The van der Waals surface area contributed by atoms with Crippen molar-refractivity contribution in [2.45, 2.75) is 43.9 Å². The largest absolute Gasteiger partial charge is 0.258 e. The van der Waals surface area contributed by atoms with Crippen LogP contribution in [-0.2, 0) is 0 Å². The smallest absolute Gasteiger partial charge is 0.166 e. The van der Waals surface area contributed by atoms with Gasteiger partial charge in [-0.15, -0.1) is 11.3 Å². The van der Waals surface area contributed by atoms with E-state index in [2.05, 4.69) is 41.8 Å². The standard InChI is InChI=1S/C15H22N2S2/c1-12(2)8-4-3-7-11-16-19-15-17-13-9-5-6-10-14(13)18-15/h5-6,9-10,12,16H,3-4,7-8,11H2,1-2H3. The first-order valence-electron chi connectivity index (χ1n) is 7.01. The minimum Gasteiger partial charge on any atom is -0.258 e. The Labute approximate surface area is 124 Å². The summed E-state index contributed by atoms with van der Waals surface area (Å²) < 4.78 is 5.80. The van der Waals surface area contributed by atoms with Gasteiger partial charge in [0.15, 0.2) is 4.34 Å². The highest BCUT2D eigenvalue weighted by Gasteiger charge is 2.03. The fraction of sp³-hybridized carbons (Fsp3) is 0.533. The Morgan fingerprint density at radius 2 is 2.05 bits per heavy atom. The maximum absolute atomic E-state index is 4.59. The summed E-state index contributed by atoms with van der Waals surface area (Å²) in [6, 6.07) is 8.31. The fourth-order valence-corrected chi connectivity index (χ4v) is 3.76. The minimum atomic E-state index is 0.838. The summed E-state index contributed by atoms with van der Waals surface area (Å²) in [5.41, 5.74) is 1.11. The molecule has 2 aromatic rings. The van der Waals surface area contributed by atoms with Crippen molar-refractivity contribution in [3.63, 3.8) is 0 Å². The monoisotopic (exact) mass is 294 g/mol. The molecule has 2 rings (SSSR count). The number of aromatic nitrogens is 1. The number of nitrogens with zero attached hydrogens (tertiary/aromatic N) is 1. The van der Waals surface area contributed by atoms with Crippen LogP contribution in [0.15, 0.2) is 28.6 Å². The molecule has 4 heteroatoms. The highest BCUT2D eigenvalue weighted by atomic mass is 32.2. The quantitative estimate of drug-likeness (QED) is 0.541. The highest BCUT2D eigenvalue weighted by molar-refractivity contribution is 7.99. The Morgan fingerprint density at radius 3 is 2.84 bits per heavy atom. The van der Waals surface area contributed by atoms with E-state index in [1.807, 2.05) is 6.07 Å². The van der Waals surface area contributed by atoms with Crippen LogP contribution in [0.25, 0.3) is 10.2 Å². The lowest BCUT2D eigenvalue weighted by atomic mass is 10.1. The van der Waals surface area contributed by atoms with Crippen molar-refractivity contribution in [2.75, 3.05) is 6.54 Å². The summed E-state index contributed by atoms with van der Waals surface area (Å²) in [7, 11) is 0. The summed E-state index contributed by atoms with van der Waals surface area (Å²) in [6.07, 6.45) is 5.28. The van der Waals surface area contributed by atoms with Crippen molar-refractivity contribution in [1.82, 2.24) is 9.71 Å². The number of rotatable bonds is 8. The molecule has 0 aliphatic rings. The number of benzene rings is 1. The summed E-state index contributed by atoms with van der Waals surface area (Å²) in [6.45, 7) is 5.65. The number of hydrogen-bond donors (Lipinski definition) is 1. The molecule has 19 heavy (non-hydrogen) atoms. The van der Waals surface area contributed by atoms with E-state index in [0.717, 1.165) is 22.3 Å². The second kappa shape index (κ2) is 7.88. The van der Waals surface area contributed by atoms with Crippen LogP contribution in [0.5, 0.6) is 0 Å². The lowest BCUT2D eigenvalue weighted by molar-refractivity contribution is 0.527. The zero-order valence-corrected chi connectivity index (χ0v) is 13.3. The lowest BCUT2D eigenvalue weighted by Gasteiger charge is -2.04. The zero-order chi connectivity index (χ0) is 13.5. The average molecular weight is 294 g/mol. The molecule has 0 aliphatic carbocycles. The van der Waals surface area contributed by atoms with E-state index in [4.69, 9.17) is 0 Å². The van der Waals surface area contributed by atoms with Gasteiger partial charge in [-0.25, -0.2) is 4.98 Å². The molecule has 1 N–H and O–H groups in total.